The Balaban J connectivity index is 2.27. The molecule has 6 nitrogen and oxygen atoms in total. The molecule has 1 aromatic heterocycles. The van der Waals surface area contributed by atoms with E-state index in [0.717, 1.165) is 11.1 Å². The number of primary amides is 1. The highest BCUT2D eigenvalue weighted by Crippen LogP contribution is 2.23. The summed E-state index contributed by atoms with van der Waals surface area (Å²) in [4.78, 5) is 15.7. The maximum Gasteiger partial charge on any atom is 0.252 e. The van der Waals surface area contributed by atoms with E-state index in [4.69, 9.17) is 16.2 Å². The normalized spacial score (nSPS) is 10.2. The molecule has 0 aliphatic rings. The molecule has 0 saturated carbocycles. The van der Waals surface area contributed by atoms with Gasteiger partial charge in [-0.15, -0.1) is 0 Å². The van der Waals surface area contributed by atoms with Gasteiger partial charge in [-0.05, 0) is 36.8 Å². The molecular weight excluding hydrogens is 268 g/mol. The number of hydrogen-bond donors (Lipinski definition) is 3. The van der Waals surface area contributed by atoms with E-state index in [0.29, 0.717) is 29.4 Å². The molecule has 0 saturated heterocycles. The molecule has 110 valence electrons. The number of methoxy groups -OCH3 is 1. The summed E-state index contributed by atoms with van der Waals surface area (Å²) in [7, 11) is 1.59. The summed E-state index contributed by atoms with van der Waals surface area (Å²) in [6.07, 6.45) is 1.63. The van der Waals surface area contributed by atoms with Crippen molar-refractivity contribution in [2.24, 2.45) is 5.73 Å². The molecule has 0 bridgehead atoms. The smallest absolute Gasteiger partial charge is 0.252 e. The zero-order valence-electron chi connectivity index (χ0n) is 12.0. The Morgan fingerprint density at radius 3 is 2.81 bits per heavy atom. The van der Waals surface area contributed by atoms with Crippen LogP contribution in [0.5, 0.6) is 5.75 Å². The van der Waals surface area contributed by atoms with Crippen LogP contribution < -0.4 is 21.5 Å². The molecule has 21 heavy (non-hydrogen) atoms. The first-order valence-electron chi connectivity index (χ1n) is 6.44. The fourth-order valence-electron chi connectivity index (χ4n) is 2.12. The number of aromatic nitrogens is 1. The molecule has 0 spiro atoms. The molecule has 2 aromatic rings. The Bertz CT molecular complexity index is 671. The van der Waals surface area contributed by atoms with Crippen LogP contribution >= 0.6 is 0 Å². The van der Waals surface area contributed by atoms with Crippen molar-refractivity contribution in [3.63, 3.8) is 0 Å². The maximum absolute atomic E-state index is 11.5. The average Bonchev–Trinajstić information content (AvgIpc) is 2.44. The van der Waals surface area contributed by atoms with E-state index in [1.54, 1.807) is 31.5 Å². The lowest BCUT2D eigenvalue weighted by Gasteiger charge is -2.13. The number of pyridine rings is 1. The van der Waals surface area contributed by atoms with Crippen LogP contribution in [0.3, 0.4) is 0 Å². The minimum atomic E-state index is -0.511. The minimum absolute atomic E-state index is 0.389. The zero-order chi connectivity index (χ0) is 15.4. The van der Waals surface area contributed by atoms with Gasteiger partial charge >= 0.3 is 0 Å². The number of carbonyl (C=O) groups is 1. The predicted octanol–water partition coefficient (Wildman–Crippen LogP) is 1.69. The van der Waals surface area contributed by atoms with E-state index in [-0.39, 0.29) is 0 Å². The number of hydrogen-bond acceptors (Lipinski definition) is 5. The van der Waals surface area contributed by atoms with Gasteiger partial charge in [0.1, 0.15) is 11.6 Å². The molecule has 2 rings (SSSR count). The molecule has 1 aromatic carbocycles. The van der Waals surface area contributed by atoms with Crippen molar-refractivity contribution >= 4 is 17.4 Å². The third kappa shape index (κ3) is 3.22. The van der Waals surface area contributed by atoms with E-state index in [1.807, 2.05) is 13.0 Å². The summed E-state index contributed by atoms with van der Waals surface area (Å²) in [5.74, 6) is 0.652. The van der Waals surface area contributed by atoms with Crippen molar-refractivity contribution in [1.82, 2.24) is 4.98 Å². The van der Waals surface area contributed by atoms with Crippen molar-refractivity contribution in [3.05, 3.63) is 47.2 Å². The SMILES string of the molecule is COc1ccc(N)cc1CNc1nccc(C)c1C(N)=O. The number of ether oxygens (including phenoxy) is 1. The number of nitrogens with two attached hydrogens (primary N) is 2. The molecule has 0 aliphatic heterocycles. The van der Waals surface area contributed by atoms with Gasteiger partial charge in [0.25, 0.3) is 5.91 Å². The quantitative estimate of drug-likeness (QED) is 0.726. The first-order valence-corrected chi connectivity index (χ1v) is 6.44. The summed E-state index contributed by atoms with van der Waals surface area (Å²) in [6.45, 7) is 2.24. The highest BCUT2D eigenvalue weighted by molar-refractivity contribution is 5.98. The van der Waals surface area contributed by atoms with E-state index in [1.165, 1.54) is 0 Å². The third-order valence-electron chi connectivity index (χ3n) is 3.16. The van der Waals surface area contributed by atoms with E-state index < -0.39 is 5.91 Å². The van der Waals surface area contributed by atoms with Gasteiger partial charge < -0.3 is 21.5 Å². The zero-order valence-corrected chi connectivity index (χ0v) is 12.0. The second kappa shape index (κ2) is 6.13. The maximum atomic E-state index is 11.5. The van der Waals surface area contributed by atoms with Crippen LogP contribution in [0, 0.1) is 6.92 Å². The Hall–Kier alpha value is -2.76. The van der Waals surface area contributed by atoms with Gasteiger partial charge in [0, 0.05) is 24.0 Å². The van der Waals surface area contributed by atoms with Crippen molar-refractivity contribution < 1.29 is 9.53 Å². The molecule has 0 aliphatic carbocycles. The van der Waals surface area contributed by atoms with Crippen LogP contribution in [0.4, 0.5) is 11.5 Å². The Kier molecular flexibility index (Phi) is 4.27. The molecule has 1 heterocycles. The van der Waals surface area contributed by atoms with Crippen LogP contribution in [0.25, 0.3) is 0 Å². The number of carbonyl (C=O) groups excluding carboxylic acids is 1. The van der Waals surface area contributed by atoms with Crippen molar-refractivity contribution in [2.45, 2.75) is 13.5 Å². The van der Waals surface area contributed by atoms with Gasteiger partial charge in [-0.3, -0.25) is 4.79 Å². The Labute approximate surface area is 123 Å². The number of benzene rings is 1. The lowest BCUT2D eigenvalue weighted by Crippen LogP contribution is -2.17. The van der Waals surface area contributed by atoms with Gasteiger partial charge in [-0.2, -0.15) is 0 Å². The van der Waals surface area contributed by atoms with Crippen LogP contribution in [0.2, 0.25) is 0 Å². The summed E-state index contributed by atoms with van der Waals surface area (Å²) in [5.41, 5.74) is 13.9. The van der Waals surface area contributed by atoms with Gasteiger partial charge in [-0.25, -0.2) is 4.98 Å². The van der Waals surface area contributed by atoms with Gasteiger partial charge in [0.2, 0.25) is 0 Å². The second-order valence-electron chi connectivity index (χ2n) is 4.64. The van der Waals surface area contributed by atoms with Crippen LogP contribution in [0.15, 0.2) is 30.5 Å². The third-order valence-corrected chi connectivity index (χ3v) is 3.16. The van der Waals surface area contributed by atoms with Crippen molar-refractivity contribution in [2.75, 3.05) is 18.2 Å². The molecule has 0 unspecified atom stereocenters. The van der Waals surface area contributed by atoms with Crippen LogP contribution in [-0.4, -0.2) is 18.0 Å². The Morgan fingerprint density at radius 1 is 1.38 bits per heavy atom. The largest absolute Gasteiger partial charge is 0.496 e. The fourth-order valence-corrected chi connectivity index (χ4v) is 2.12. The van der Waals surface area contributed by atoms with E-state index in [9.17, 15) is 4.79 Å². The summed E-state index contributed by atoms with van der Waals surface area (Å²) in [6, 6.07) is 7.12. The van der Waals surface area contributed by atoms with Crippen LogP contribution in [0.1, 0.15) is 21.5 Å². The van der Waals surface area contributed by atoms with Crippen molar-refractivity contribution in [3.8, 4) is 5.75 Å². The molecule has 0 atom stereocenters. The molecule has 1 amide bonds. The number of nitrogen functional groups attached to an aromatic ring is 1. The van der Waals surface area contributed by atoms with E-state index >= 15 is 0 Å². The highest BCUT2D eigenvalue weighted by atomic mass is 16.5. The molecule has 0 fully saturated rings. The van der Waals surface area contributed by atoms with E-state index in [2.05, 4.69) is 10.3 Å². The average molecular weight is 286 g/mol. The first kappa shape index (κ1) is 14.6. The summed E-state index contributed by atoms with van der Waals surface area (Å²) >= 11 is 0. The monoisotopic (exact) mass is 286 g/mol. The number of anilines is 2. The number of rotatable bonds is 5. The number of aryl methyl sites for hydroxylation is 1. The molecule has 6 heteroatoms. The lowest BCUT2D eigenvalue weighted by molar-refractivity contribution is 0.1000. The number of amides is 1. The topological polar surface area (TPSA) is 103 Å². The molecule has 5 N–H and O–H groups in total. The number of nitrogens with one attached hydrogen (secondary N) is 1. The lowest BCUT2D eigenvalue weighted by atomic mass is 10.1. The van der Waals surface area contributed by atoms with Gasteiger partial charge in [-0.1, -0.05) is 0 Å². The molecule has 0 radical (unpaired) electrons. The van der Waals surface area contributed by atoms with Crippen LogP contribution in [-0.2, 0) is 6.54 Å². The summed E-state index contributed by atoms with van der Waals surface area (Å²) < 4.78 is 5.28. The number of nitrogens with zero attached hydrogens (tertiary/aromatic N) is 1. The second-order valence-corrected chi connectivity index (χ2v) is 4.64. The summed E-state index contributed by atoms with van der Waals surface area (Å²) in [5, 5.41) is 3.11. The van der Waals surface area contributed by atoms with Gasteiger partial charge in [0.15, 0.2) is 0 Å². The molecular formula is C15H18N4O2. The first-order chi connectivity index (χ1) is 10.0. The predicted molar refractivity (Wildman–Crippen MR) is 82.2 cm³/mol. The standard InChI is InChI=1S/C15H18N4O2/c1-9-5-6-18-15(13(9)14(17)20)19-8-10-7-11(16)3-4-12(10)21-2/h3-7H,8,16H2,1-2H3,(H2,17,20)(H,18,19). The fraction of sp³-hybridized carbons (Fsp3) is 0.200. The highest BCUT2D eigenvalue weighted by Gasteiger charge is 2.13. The van der Waals surface area contributed by atoms with Crippen molar-refractivity contribution in [1.29, 1.82) is 0 Å². The minimum Gasteiger partial charge on any atom is -0.496 e. The van der Waals surface area contributed by atoms with Gasteiger partial charge in [0.05, 0.1) is 12.7 Å². The Morgan fingerprint density at radius 2 is 2.14 bits per heavy atom.